The quantitative estimate of drug-likeness (QED) is 0.165. The summed E-state index contributed by atoms with van der Waals surface area (Å²) in [7, 11) is 0. The zero-order valence-electron chi connectivity index (χ0n) is 32.2. The van der Waals surface area contributed by atoms with Crippen LogP contribution in [0, 0.1) is 0 Å². The number of benzene rings is 8. The average Bonchev–Trinajstić information content (AvgIpc) is 3.98. The van der Waals surface area contributed by atoms with Gasteiger partial charge in [-0.05, 0) is 119 Å². The topological polar surface area (TPSA) is 27.2 Å². The Bertz CT molecular complexity index is 3650. The maximum Gasteiger partial charge on any atom is 0.146 e. The van der Waals surface area contributed by atoms with E-state index in [0.29, 0.717) is 0 Å². The van der Waals surface area contributed by atoms with Crippen LogP contribution in [0.25, 0.3) is 111 Å². The average molecular weight is 753 g/mol. The van der Waals surface area contributed by atoms with E-state index in [1.807, 2.05) is 0 Å². The smallest absolute Gasteiger partial charge is 0.146 e. The molecule has 0 fully saturated rings. The minimum Gasteiger partial charge on any atom is -0.310 e. The van der Waals surface area contributed by atoms with Crippen molar-refractivity contribution < 1.29 is 0 Å². The van der Waals surface area contributed by atoms with Gasteiger partial charge in [0.25, 0.3) is 0 Å². The fourth-order valence-electron chi connectivity index (χ4n) is 9.99. The molecular formula is C55H36N4. The van der Waals surface area contributed by atoms with Gasteiger partial charge in [0.1, 0.15) is 5.65 Å². The van der Waals surface area contributed by atoms with Crippen molar-refractivity contribution >= 4 is 77.1 Å². The highest BCUT2D eigenvalue weighted by atomic mass is 15.0. The zero-order chi connectivity index (χ0) is 38.6. The molecule has 0 aliphatic heterocycles. The molecule has 0 radical (unpaired) electrons. The lowest BCUT2D eigenvalue weighted by molar-refractivity contribution is 0.967. The number of pyridine rings is 1. The summed E-state index contributed by atoms with van der Waals surface area (Å²) in [6, 6.07) is 66.6. The van der Waals surface area contributed by atoms with Gasteiger partial charge in [-0.3, -0.25) is 4.40 Å². The minimum atomic E-state index is 0.974. The molecule has 0 spiro atoms. The van der Waals surface area contributed by atoms with Crippen molar-refractivity contribution in [1.29, 1.82) is 0 Å². The fraction of sp³-hybridized carbons (Fsp3) is 0.0364. The highest BCUT2D eigenvalue weighted by Crippen LogP contribution is 2.39. The van der Waals surface area contributed by atoms with Crippen molar-refractivity contribution in [3.05, 3.63) is 199 Å². The Balaban J connectivity index is 0.929. The van der Waals surface area contributed by atoms with Crippen LogP contribution in [0.3, 0.4) is 0 Å². The van der Waals surface area contributed by atoms with Gasteiger partial charge in [-0.15, -0.1) is 0 Å². The van der Waals surface area contributed by atoms with Crippen LogP contribution in [-0.4, -0.2) is 18.5 Å². The second kappa shape index (κ2) is 12.4. The van der Waals surface area contributed by atoms with E-state index in [9.17, 15) is 0 Å². The van der Waals surface area contributed by atoms with E-state index >= 15 is 0 Å². The number of rotatable bonds is 4. The number of allylic oxidation sites excluding steroid dienone is 1. The summed E-state index contributed by atoms with van der Waals surface area (Å²) >= 11 is 0. The lowest BCUT2D eigenvalue weighted by atomic mass is 9.97. The molecule has 0 N–H and O–H groups in total. The molecule has 13 rings (SSSR count). The second-order valence-corrected chi connectivity index (χ2v) is 15.9. The summed E-state index contributed by atoms with van der Waals surface area (Å²) in [6.45, 7) is 0. The van der Waals surface area contributed by atoms with Crippen molar-refractivity contribution in [2.75, 3.05) is 0 Å². The Morgan fingerprint density at radius 2 is 0.915 bits per heavy atom. The summed E-state index contributed by atoms with van der Waals surface area (Å²) in [5.74, 6) is 0. The molecule has 59 heavy (non-hydrogen) atoms. The molecule has 4 aromatic heterocycles. The van der Waals surface area contributed by atoms with Crippen LogP contribution >= 0.6 is 0 Å². The first kappa shape index (κ1) is 32.4. The van der Waals surface area contributed by atoms with Crippen LogP contribution < -0.4 is 0 Å². The van der Waals surface area contributed by atoms with Gasteiger partial charge in [0.05, 0.1) is 33.1 Å². The molecule has 0 saturated carbocycles. The lowest BCUT2D eigenvalue weighted by Gasteiger charge is -2.14. The van der Waals surface area contributed by atoms with Gasteiger partial charge in [-0.2, -0.15) is 0 Å². The summed E-state index contributed by atoms with van der Waals surface area (Å²) in [5, 5.41) is 7.45. The Labute approximate surface area is 340 Å². The highest BCUT2D eigenvalue weighted by Gasteiger charge is 2.19. The molecule has 276 valence electrons. The van der Waals surface area contributed by atoms with Gasteiger partial charge in [0.2, 0.25) is 0 Å². The summed E-state index contributed by atoms with van der Waals surface area (Å²) in [4.78, 5) is 5.29. The van der Waals surface area contributed by atoms with Gasteiger partial charge >= 0.3 is 0 Å². The molecule has 0 unspecified atom stereocenters. The zero-order valence-corrected chi connectivity index (χ0v) is 32.2. The molecule has 1 aliphatic carbocycles. The second-order valence-electron chi connectivity index (χ2n) is 15.9. The first-order valence-electron chi connectivity index (χ1n) is 20.5. The Kier molecular flexibility index (Phi) is 6.81. The number of imidazole rings is 1. The van der Waals surface area contributed by atoms with Gasteiger partial charge in [0.15, 0.2) is 0 Å². The van der Waals surface area contributed by atoms with Crippen LogP contribution in [0.1, 0.15) is 17.7 Å². The molecule has 8 aromatic carbocycles. The number of fused-ring (bicyclic) bond motifs is 14. The number of aryl methyl sites for hydroxylation is 1. The summed E-state index contributed by atoms with van der Waals surface area (Å²) in [6.07, 6.45) is 6.78. The number of aromatic nitrogens is 4. The molecule has 0 atom stereocenters. The Morgan fingerprint density at radius 3 is 1.61 bits per heavy atom. The van der Waals surface area contributed by atoms with E-state index < -0.39 is 0 Å². The van der Waals surface area contributed by atoms with E-state index in [1.165, 1.54) is 82.7 Å². The largest absolute Gasteiger partial charge is 0.310 e. The Morgan fingerprint density at radius 1 is 0.390 bits per heavy atom. The van der Waals surface area contributed by atoms with E-state index in [2.05, 4.69) is 208 Å². The van der Waals surface area contributed by atoms with E-state index in [4.69, 9.17) is 4.98 Å². The van der Waals surface area contributed by atoms with Crippen LogP contribution in [0.2, 0.25) is 0 Å². The Hall–Kier alpha value is -7.69. The molecule has 1 aliphatic rings. The summed E-state index contributed by atoms with van der Waals surface area (Å²) < 4.78 is 7.16. The predicted octanol–water partition coefficient (Wildman–Crippen LogP) is 14.1. The van der Waals surface area contributed by atoms with Crippen LogP contribution in [0.5, 0.6) is 0 Å². The normalized spacial score (nSPS) is 12.9. The standard InChI is InChI=1S/C55H36N4/c1-6-16-49-42(11-1)43-12-2-7-17-50(43)57(49)39-27-21-35(22-28-39)37-25-31-41-46-32-26-38(34-54(46)59-53-20-10-5-15-48(53)56-55(59)47(41)33-37)36-23-29-40(30-24-36)58-51-18-8-3-13-44(51)45-14-4-9-19-52(45)58/h1-3,5-13,15-34H,4,14H2. The highest BCUT2D eigenvalue weighted by molar-refractivity contribution is 6.15. The molecule has 0 bridgehead atoms. The third-order valence-corrected chi connectivity index (χ3v) is 12.7. The van der Waals surface area contributed by atoms with E-state index in [0.717, 1.165) is 46.1 Å². The summed E-state index contributed by atoms with van der Waals surface area (Å²) in [5.41, 5.74) is 17.7. The van der Waals surface area contributed by atoms with Crippen molar-refractivity contribution in [2.24, 2.45) is 0 Å². The molecule has 0 saturated heterocycles. The van der Waals surface area contributed by atoms with Gasteiger partial charge in [-0.1, -0.05) is 121 Å². The first-order valence-corrected chi connectivity index (χ1v) is 20.5. The molecule has 4 heterocycles. The van der Waals surface area contributed by atoms with Crippen molar-refractivity contribution in [3.8, 4) is 33.6 Å². The third kappa shape index (κ3) is 4.74. The van der Waals surface area contributed by atoms with Crippen LogP contribution in [0.4, 0.5) is 0 Å². The maximum atomic E-state index is 5.29. The van der Waals surface area contributed by atoms with Gasteiger partial charge in [-0.25, -0.2) is 4.98 Å². The fourth-order valence-corrected chi connectivity index (χ4v) is 9.99. The lowest BCUT2D eigenvalue weighted by Crippen LogP contribution is -2.00. The van der Waals surface area contributed by atoms with E-state index in [-0.39, 0.29) is 0 Å². The van der Waals surface area contributed by atoms with Gasteiger partial charge in [0, 0.05) is 44.0 Å². The number of nitrogens with zero attached hydrogens (tertiary/aromatic N) is 4. The molecule has 4 heteroatoms. The third-order valence-electron chi connectivity index (χ3n) is 12.7. The SMILES string of the molecule is C1=Cc2c(c3ccccc3n2-c2ccc(-c3ccc4c5ccc(-c6ccc(-n7c8ccccc8c8ccccc87)cc6)cc5c5nc6ccccc6n5c4c3)cc2)CC1. The molecular weight excluding hydrogens is 717 g/mol. The minimum absolute atomic E-state index is 0.974. The van der Waals surface area contributed by atoms with Crippen LogP contribution in [-0.2, 0) is 6.42 Å². The van der Waals surface area contributed by atoms with Crippen LogP contribution in [0.15, 0.2) is 188 Å². The van der Waals surface area contributed by atoms with Crippen molar-refractivity contribution in [2.45, 2.75) is 12.8 Å². The number of hydrogen-bond acceptors (Lipinski definition) is 1. The molecule has 0 amide bonds. The van der Waals surface area contributed by atoms with Gasteiger partial charge < -0.3 is 9.13 Å². The first-order chi connectivity index (χ1) is 29.3. The molecule has 4 nitrogen and oxygen atoms in total. The predicted molar refractivity (Wildman–Crippen MR) is 247 cm³/mol. The maximum absolute atomic E-state index is 5.29. The van der Waals surface area contributed by atoms with Crippen molar-refractivity contribution in [1.82, 2.24) is 18.5 Å². The monoisotopic (exact) mass is 752 g/mol. The molecule has 12 aromatic rings. The van der Waals surface area contributed by atoms with E-state index in [1.54, 1.807) is 0 Å². The number of hydrogen-bond donors (Lipinski definition) is 0. The van der Waals surface area contributed by atoms with Crippen molar-refractivity contribution in [3.63, 3.8) is 0 Å². The number of para-hydroxylation sites is 5.